The van der Waals surface area contributed by atoms with Gasteiger partial charge in [0.25, 0.3) is 0 Å². The fourth-order valence-corrected chi connectivity index (χ4v) is 4.44. The Labute approximate surface area is 142 Å². The second kappa shape index (κ2) is 6.41. The zero-order valence-electron chi connectivity index (χ0n) is 13.9. The first-order valence-electron chi connectivity index (χ1n) is 9.03. The summed E-state index contributed by atoms with van der Waals surface area (Å²) in [7, 11) is 0. The molecule has 0 bridgehead atoms. The van der Waals surface area contributed by atoms with E-state index in [0.29, 0.717) is 50.1 Å². The molecule has 4 aliphatic rings. The van der Waals surface area contributed by atoms with Gasteiger partial charge in [-0.25, -0.2) is 4.79 Å². The number of aliphatic hydroxyl groups is 1. The molecule has 0 amide bonds. The molecule has 6 heteroatoms. The molecule has 24 heavy (non-hydrogen) atoms. The summed E-state index contributed by atoms with van der Waals surface area (Å²) in [6, 6.07) is 0. The Hall–Kier alpha value is -0.950. The second-order valence-corrected chi connectivity index (χ2v) is 7.57. The minimum absolute atomic E-state index is 0.291. The maximum absolute atomic E-state index is 11.3. The molecule has 2 aliphatic heterocycles. The van der Waals surface area contributed by atoms with Gasteiger partial charge in [-0.05, 0) is 31.6 Å². The van der Waals surface area contributed by atoms with Gasteiger partial charge in [0, 0.05) is 24.8 Å². The van der Waals surface area contributed by atoms with Crippen LogP contribution in [-0.4, -0.2) is 54.5 Å². The summed E-state index contributed by atoms with van der Waals surface area (Å²) in [5, 5.41) is 10.3. The van der Waals surface area contributed by atoms with Crippen molar-refractivity contribution < 1.29 is 28.8 Å². The van der Waals surface area contributed by atoms with Gasteiger partial charge in [0.15, 0.2) is 5.79 Å². The van der Waals surface area contributed by atoms with Crippen LogP contribution in [0.2, 0.25) is 0 Å². The van der Waals surface area contributed by atoms with Crippen LogP contribution in [-0.2, 0) is 23.7 Å². The van der Waals surface area contributed by atoms with Crippen LogP contribution in [0, 0.1) is 11.8 Å². The quantitative estimate of drug-likeness (QED) is 0.478. The molecular formula is C18H26O6. The van der Waals surface area contributed by atoms with Crippen molar-refractivity contribution >= 4 is 5.97 Å². The lowest BCUT2D eigenvalue weighted by Gasteiger charge is -2.45. The van der Waals surface area contributed by atoms with Crippen LogP contribution in [0.1, 0.15) is 38.5 Å². The minimum atomic E-state index is -0.626. The summed E-state index contributed by atoms with van der Waals surface area (Å²) in [6.45, 7) is 4.74. The number of fused-ring (bicyclic) bond motifs is 1. The molecule has 6 nitrogen and oxygen atoms in total. The molecule has 0 aromatic rings. The first-order chi connectivity index (χ1) is 11.6. The van der Waals surface area contributed by atoms with E-state index in [4.69, 9.17) is 18.9 Å². The summed E-state index contributed by atoms with van der Waals surface area (Å²) in [4.78, 5) is 11.3. The van der Waals surface area contributed by atoms with Gasteiger partial charge in [0.05, 0.1) is 31.5 Å². The van der Waals surface area contributed by atoms with Crippen molar-refractivity contribution in [2.75, 3.05) is 13.2 Å². The van der Waals surface area contributed by atoms with Gasteiger partial charge in [-0.2, -0.15) is 0 Å². The zero-order valence-corrected chi connectivity index (χ0v) is 13.9. The fraction of sp³-hybridized carbons (Fsp3) is 0.833. The lowest BCUT2D eigenvalue weighted by molar-refractivity contribution is -0.299. The summed E-state index contributed by atoms with van der Waals surface area (Å²) in [5.41, 5.74) is 0. The predicted octanol–water partition coefficient (Wildman–Crippen LogP) is 1.56. The maximum atomic E-state index is 11.3. The van der Waals surface area contributed by atoms with Gasteiger partial charge >= 0.3 is 5.97 Å². The van der Waals surface area contributed by atoms with Crippen molar-refractivity contribution in [3.63, 3.8) is 0 Å². The van der Waals surface area contributed by atoms with Gasteiger partial charge in [0.1, 0.15) is 6.10 Å². The molecule has 0 aromatic carbocycles. The standard InChI is InChI=1S/C18H26O6/c1-2-17(20)24-14-4-3-11(7-13(14)19)12-9-21-18(22-10-12)6-5-15-16(8-18)23-15/h2,11-16,19H,1,3-10H2. The summed E-state index contributed by atoms with van der Waals surface area (Å²) < 4.78 is 23.0. The van der Waals surface area contributed by atoms with Crippen molar-refractivity contribution in [3.8, 4) is 0 Å². The van der Waals surface area contributed by atoms with E-state index in [9.17, 15) is 9.90 Å². The third-order valence-corrected chi connectivity index (χ3v) is 6.03. The van der Waals surface area contributed by atoms with E-state index in [1.165, 1.54) is 0 Å². The molecule has 1 N–H and O–H groups in total. The third-order valence-electron chi connectivity index (χ3n) is 6.03. The van der Waals surface area contributed by atoms with Crippen molar-refractivity contribution in [3.05, 3.63) is 12.7 Å². The lowest BCUT2D eigenvalue weighted by atomic mass is 9.77. The zero-order chi connectivity index (χ0) is 16.7. The first-order valence-corrected chi connectivity index (χ1v) is 9.03. The molecule has 2 heterocycles. The fourth-order valence-electron chi connectivity index (χ4n) is 4.44. The summed E-state index contributed by atoms with van der Waals surface area (Å²) in [5.74, 6) is -0.283. The number of ether oxygens (including phenoxy) is 4. The van der Waals surface area contributed by atoms with Crippen LogP contribution >= 0.6 is 0 Å². The lowest BCUT2D eigenvalue weighted by Crippen LogP contribution is -2.50. The van der Waals surface area contributed by atoms with Crippen molar-refractivity contribution in [1.29, 1.82) is 0 Å². The van der Waals surface area contributed by atoms with Gasteiger partial charge < -0.3 is 24.1 Å². The molecule has 1 spiro atoms. The smallest absolute Gasteiger partial charge is 0.330 e. The molecule has 4 fully saturated rings. The van der Waals surface area contributed by atoms with E-state index in [1.807, 2.05) is 0 Å². The maximum Gasteiger partial charge on any atom is 0.330 e. The van der Waals surface area contributed by atoms with E-state index in [2.05, 4.69) is 6.58 Å². The molecule has 2 saturated carbocycles. The topological polar surface area (TPSA) is 77.5 Å². The summed E-state index contributed by atoms with van der Waals surface area (Å²) in [6.07, 6.45) is 5.82. The highest BCUT2D eigenvalue weighted by Crippen LogP contribution is 2.46. The van der Waals surface area contributed by atoms with E-state index in [1.54, 1.807) is 0 Å². The van der Waals surface area contributed by atoms with E-state index >= 15 is 0 Å². The van der Waals surface area contributed by atoms with Crippen LogP contribution in [0.25, 0.3) is 0 Å². The molecule has 5 atom stereocenters. The number of carbonyl (C=O) groups is 1. The van der Waals surface area contributed by atoms with Gasteiger partial charge in [-0.3, -0.25) is 0 Å². The molecular weight excluding hydrogens is 312 g/mol. The molecule has 134 valence electrons. The monoisotopic (exact) mass is 338 g/mol. The van der Waals surface area contributed by atoms with Crippen LogP contribution in [0.3, 0.4) is 0 Å². The van der Waals surface area contributed by atoms with Crippen molar-refractivity contribution in [2.24, 2.45) is 11.8 Å². The molecule has 5 unspecified atom stereocenters. The Kier molecular flexibility index (Phi) is 4.41. The van der Waals surface area contributed by atoms with Crippen molar-refractivity contribution in [2.45, 2.75) is 68.7 Å². The summed E-state index contributed by atoms with van der Waals surface area (Å²) >= 11 is 0. The Balaban J connectivity index is 1.27. The second-order valence-electron chi connectivity index (χ2n) is 7.57. The van der Waals surface area contributed by atoms with Crippen LogP contribution in [0.15, 0.2) is 12.7 Å². The molecule has 2 aliphatic carbocycles. The average molecular weight is 338 g/mol. The van der Waals surface area contributed by atoms with Gasteiger partial charge in [-0.1, -0.05) is 6.58 Å². The third kappa shape index (κ3) is 3.25. The van der Waals surface area contributed by atoms with E-state index in [-0.39, 0.29) is 0 Å². The van der Waals surface area contributed by atoms with Crippen LogP contribution in [0.5, 0.6) is 0 Å². The Morgan fingerprint density at radius 2 is 1.96 bits per heavy atom. The highest BCUT2D eigenvalue weighted by Gasteiger charge is 2.54. The normalized spacial score (nSPS) is 47.7. The number of aliphatic hydroxyl groups excluding tert-OH is 1. The number of epoxide rings is 1. The van der Waals surface area contributed by atoms with Crippen molar-refractivity contribution in [1.82, 2.24) is 0 Å². The molecule has 0 aromatic heterocycles. The average Bonchev–Trinajstić information content (AvgIpc) is 3.35. The predicted molar refractivity (Wildman–Crippen MR) is 84.1 cm³/mol. The molecule has 4 rings (SSSR count). The highest BCUT2D eigenvalue weighted by atomic mass is 16.7. The number of hydrogen-bond acceptors (Lipinski definition) is 6. The Morgan fingerprint density at radius 3 is 2.62 bits per heavy atom. The number of rotatable bonds is 3. The first kappa shape index (κ1) is 16.5. The molecule has 0 radical (unpaired) electrons. The SMILES string of the molecule is C=CC(=O)OC1CCC(C2COC3(CCC4OC4C3)OC2)CC1O. The van der Waals surface area contributed by atoms with Gasteiger partial charge in [-0.15, -0.1) is 0 Å². The minimum Gasteiger partial charge on any atom is -0.456 e. The van der Waals surface area contributed by atoms with E-state index in [0.717, 1.165) is 31.8 Å². The Morgan fingerprint density at radius 1 is 1.17 bits per heavy atom. The highest BCUT2D eigenvalue weighted by molar-refractivity contribution is 5.81. The number of hydrogen-bond donors (Lipinski definition) is 1. The number of esters is 1. The number of carbonyl (C=O) groups excluding carboxylic acids is 1. The largest absolute Gasteiger partial charge is 0.456 e. The van der Waals surface area contributed by atoms with Crippen LogP contribution < -0.4 is 0 Å². The molecule has 2 saturated heterocycles. The van der Waals surface area contributed by atoms with Crippen LogP contribution in [0.4, 0.5) is 0 Å². The van der Waals surface area contributed by atoms with Gasteiger partial charge in [0.2, 0.25) is 0 Å². The van der Waals surface area contributed by atoms with E-state index < -0.39 is 24.0 Å². The Bertz CT molecular complexity index is 498.